The van der Waals surface area contributed by atoms with Crippen molar-refractivity contribution >= 4 is 26.0 Å². The summed E-state index contributed by atoms with van der Waals surface area (Å²) in [5, 5.41) is 3.05. The summed E-state index contributed by atoms with van der Waals surface area (Å²) >= 11 is 3.46. The van der Waals surface area contributed by atoms with Crippen LogP contribution in [0.15, 0.2) is 21.5 Å². The monoisotopic (exact) mass is 360 g/mol. The van der Waals surface area contributed by atoms with Crippen LogP contribution in [0.4, 0.5) is 0 Å². The van der Waals surface area contributed by atoms with Crippen LogP contribution >= 0.6 is 15.9 Å². The third-order valence-electron chi connectivity index (χ3n) is 3.64. The maximum atomic E-state index is 12.7. The molecule has 112 valence electrons. The average molecular weight is 361 g/mol. The Hall–Kier alpha value is -0.430. The van der Waals surface area contributed by atoms with Crippen molar-refractivity contribution in [1.82, 2.24) is 9.62 Å². The molecule has 0 spiro atoms. The van der Waals surface area contributed by atoms with E-state index in [4.69, 9.17) is 0 Å². The highest BCUT2D eigenvalue weighted by molar-refractivity contribution is 9.10. The zero-order valence-corrected chi connectivity index (χ0v) is 14.5. The first-order valence-corrected chi connectivity index (χ1v) is 8.99. The average Bonchev–Trinajstić information content (AvgIpc) is 3.17. The summed E-state index contributed by atoms with van der Waals surface area (Å²) in [5.74, 6) is 0.541. The minimum atomic E-state index is -3.41. The van der Waals surface area contributed by atoms with Crippen LogP contribution in [0, 0.1) is 12.8 Å². The molecule has 20 heavy (non-hydrogen) atoms. The fraction of sp³-hybridized carbons (Fsp3) is 0.571. The highest BCUT2D eigenvalue weighted by Gasteiger charge is 2.30. The number of hydrogen-bond acceptors (Lipinski definition) is 3. The number of halogens is 1. The maximum absolute atomic E-state index is 12.7. The van der Waals surface area contributed by atoms with Crippen LogP contribution in [0.3, 0.4) is 0 Å². The van der Waals surface area contributed by atoms with E-state index in [-0.39, 0.29) is 0 Å². The van der Waals surface area contributed by atoms with E-state index in [0.717, 1.165) is 28.4 Å². The predicted octanol–water partition coefficient (Wildman–Crippen LogP) is 2.51. The number of rotatable bonds is 6. The quantitative estimate of drug-likeness (QED) is 0.847. The molecule has 0 aliphatic heterocycles. The van der Waals surface area contributed by atoms with Crippen LogP contribution in [0.5, 0.6) is 0 Å². The predicted molar refractivity (Wildman–Crippen MR) is 84.2 cm³/mol. The summed E-state index contributed by atoms with van der Waals surface area (Å²) in [5.41, 5.74) is 1.73. The van der Waals surface area contributed by atoms with E-state index < -0.39 is 10.0 Å². The van der Waals surface area contributed by atoms with Gasteiger partial charge in [0.05, 0.1) is 4.90 Å². The third kappa shape index (κ3) is 3.42. The van der Waals surface area contributed by atoms with Gasteiger partial charge in [-0.15, -0.1) is 0 Å². The molecule has 1 fully saturated rings. The van der Waals surface area contributed by atoms with Crippen molar-refractivity contribution in [3.05, 3.63) is 27.7 Å². The summed E-state index contributed by atoms with van der Waals surface area (Å²) in [7, 11) is 0.108. The molecule has 4 nitrogen and oxygen atoms in total. The summed E-state index contributed by atoms with van der Waals surface area (Å²) in [6, 6.07) is 3.74. The zero-order valence-electron chi connectivity index (χ0n) is 12.1. The van der Waals surface area contributed by atoms with Crippen LogP contribution < -0.4 is 5.32 Å². The third-order valence-corrected chi connectivity index (χ3v) is 6.41. The molecule has 0 saturated heterocycles. The normalized spacial score (nSPS) is 15.8. The topological polar surface area (TPSA) is 49.4 Å². The molecular weight excluding hydrogens is 340 g/mol. The van der Waals surface area contributed by atoms with Gasteiger partial charge in [0.2, 0.25) is 10.0 Å². The van der Waals surface area contributed by atoms with Crippen molar-refractivity contribution in [2.45, 2.75) is 31.2 Å². The molecule has 0 amide bonds. The first-order valence-electron chi connectivity index (χ1n) is 6.76. The molecule has 0 heterocycles. The van der Waals surface area contributed by atoms with E-state index >= 15 is 0 Å². The number of nitrogens with one attached hydrogen (secondary N) is 1. The van der Waals surface area contributed by atoms with Crippen LogP contribution in [-0.2, 0) is 16.6 Å². The SMILES string of the molecule is CNCc1cc(Br)c(C)c(S(=O)(=O)N(C)CC2CC2)c1. The largest absolute Gasteiger partial charge is 0.316 e. The van der Waals surface area contributed by atoms with Crippen LogP contribution in [0.25, 0.3) is 0 Å². The van der Waals surface area contributed by atoms with E-state index in [1.165, 1.54) is 4.31 Å². The van der Waals surface area contributed by atoms with Crippen molar-refractivity contribution in [2.75, 3.05) is 20.6 Å². The number of hydrogen-bond donors (Lipinski definition) is 1. The van der Waals surface area contributed by atoms with Crippen molar-refractivity contribution < 1.29 is 8.42 Å². The van der Waals surface area contributed by atoms with Crippen LogP contribution in [0.1, 0.15) is 24.0 Å². The lowest BCUT2D eigenvalue weighted by Gasteiger charge is -2.19. The number of sulfonamides is 1. The van der Waals surface area contributed by atoms with Gasteiger partial charge in [0.25, 0.3) is 0 Å². The molecule has 0 aromatic heterocycles. The Morgan fingerprint density at radius 1 is 1.40 bits per heavy atom. The molecule has 0 atom stereocenters. The Balaban J connectivity index is 2.38. The molecule has 1 N–H and O–H groups in total. The second-order valence-electron chi connectivity index (χ2n) is 5.46. The Kier molecular flexibility index (Phi) is 4.89. The molecule has 1 aliphatic carbocycles. The van der Waals surface area contributed by atoms with Crippen LogP contribution in [-0.4, -0.2) is 33.4 Å². The number of benzene rings is 1. The molecule has 1 aliphatic rings. The lowest BCUT2D eigenvalue weighted by Crippen LogP contribution is -2.29. The zero-order chi connectivity index (χ0) is 14.9. The first-order chi connectivity index (χ1) is 9.36. The molecule has 0 bridgehead atoms. The Morgan fingerprint density at radius 3 is 2.60 bits per heavy atom. The van der Waals surface area contributed by atoms with Crippen molar-refractivity contribution in [1.29, 1.82) is 0 Å². The maximum Gasteiger partial charge on any atom is 0.243 e. The molecule has 6 heteroatoms. The molecule has 1 saturated carbocycles. The molecule has 0 radical (unpaired) electrons. The Morgan fingerprint density at radius 2 is 2.05 bits per heavy atom. The molecule has 0 unspecified atom stereocenters. The van der Waals surface area contributed by atoms with E-state index in [1.807, 2.05) is 20.0 Å². The first kappa shape index (κ1) is 15.9. The highest BCUT2D eigenvalue weighted by Crippen LogP contribution is 2.32. The molecule has 1 aromatic carbocycles. The van der Waals surface area contributed by atoms with Crippen molar-refractivity contribution in [2.24, 2.45) is 5.92 Å². The van der Waals surface area contributed by atoms with Gasteiger partial charge in [0.15, 0.2) is 0 Å². The van der Waals surface area contributed by atoms with Gasteiger partial charge in [-0.3, -0.25) is 0 Å². The fourth-order valence-corrected chi connectivity index (χ4v) is 4.39. The Labute approximate surface area is 129 Å². The van der Waals surface area contributed by atoms with Gasteiger partial charge in [0, 0.05) is 24.6 Å². The van der Waals surface area contributed by atoms with E-state index in [1.54, 1.807) is 13.1 Å². The fourth-order valence-electron chi connectivity index (χ4n) is 2.21. The van der Waals surface area contributed by atoms with Gasteiger partial charge in [-0.2, -0.15) is 0 Å². The standard InChI is InChI=1S/C14H21BrN2O2S/c1-10-13(15)6-12(8-16-2)7-14(10)20(18,19)17(3)9-11-4-5-11/h6-7,11,16H,4-5,8-9H2,1-3H3. The van der Waals surface area contributed by atoms with Crippen molar-refractivity contribution in [3.63, 3.8) is 0 Å². The smallest absolute Gasteiger partial charge is 0.243 e. The lowest BCUT2D eigenvalue weighted by atomic mass is 10.1. The van der Waals surface area contributed by atoms with E-state index in [9.17, 15) is 8.42 Å². The summed E-state index contributed by atoms with van der Waals surface area (Å²) in [6.45, 7) is 3.11. The second kappa shape index (κ2) is 6.13. The van der Waals surface area contributed by atoms with Gasteiger partial charge >= 0.3 is 0 Å². The van der Waals surface area contributed by atoms with Gasteiger partial charge in [-0.05, 0) is 56.0 Å². The summed E-state index contributed by atoms with van der Waals surface area (Å²) in [4.78, 5) is 0.403. The summed E-state index contributed by atoms with van der Waals surface area (Å²) < 4.78 is 27.7. The minimum Gasteiger partial charge on any atom is -0.316 e. The van der Waals surface area contributed by atoms with Gasteiger partial charge in [-0.25, -0.2) is 12.7 Å². The molecule has 2 rings (SSSR count). The second-order valence-corrected chi connectivity index (χ2v) is 8.33. The van der Waals surface area contributed by atoms with E-state index in [0.29, 0.717) is 23.9 Å². The minimum absolute atomic E-state index is 0.403. The lowest BCUT2D eigenvalue weighted by molar-refractivity contribution is 0.452. The summed E-state index contributed by atoms with van der Waals surface area (Å²) in [6.07, 6.45) is 2.28. The molecule has 1 aromatic rings. The van der Waals surface area contributed by atoms with Crippen molar-refractivity contribution in [3.8, 4) is 0 Å². The Bertz CT molecular complexity index is 597. The van der Waals surface area contributed by atoms with Gasteiger partial charge in [0.1, 0.15) is 0 Å². The molecular formula is C14H21BrN2O2S. The van der Waals surface area contributed by atoms with Gasteiger partial charge in [-0.1, -0.05) is 15.9 Å². The van der Waals surface area contributed by atoms with Crippen LogP contribution in [0.2, 0.25) is 0 Å². The highest BCUT2D eigenvalue weighted by atomic mass is 79.9. The van der Waals surface area contributed by atoms with Gasteiger partial charge < -0.3 is 5.32 Å². The number of nitrogens with zero attached hydrogens (tertiary/aromatic N) is 1. The van der Waals surface area contributed by atoms with E-state index in [2.05, 4.69) is 21.2 Å².